The molecule has 0 radical (unpaired) electrons. The molecule has 0 aromatic rings. The highest BCUT2D eigenvalue weighted by molar-refractivity contribution is 7.99. The van der Waals surface area contributed by atoms with Crippen molar-refractivity contribution >= 4 is 11.8 Å². The van der Waals surface area contributed by atoms with Gasteiger partial charge in [-0.1, -0.05) is 6.92 Å². The Morgan fingerprint density at radius 2 is 2.20 bits per heavy atom. The average Bonchev–Trinajstić information content (AvgIpc) is 2.28. The zero-order valence-electron chi connectivity index (χ0n) is 9.76. The first-order valence-corrected chi connectivity index (χ1v) is 7.45. The molecule has 0 aromatic heterocycles. The molecule has 2 aliphatic rings. The van der Waals surface area contributed by atoms with Crippen LogP contribution in [0.1, 0.15) is 39.0 Å². The van der Waals surface area contributed by atoms with E-state index < -0.39 is 0 Å². The van der Waals surface area contributed by atoms with Crippen molar-refractivity contribution in [1.29, 1.82) is 0 Å². The lowest BCUT2D eigenvalue weighted by atomic mass is 9.85. The lowest BCUT2D eigenvalue weighted by Gasteiger charge is -2.43. The van der Waals surface area contributed by atoms with Crippen LogP contribution < -0.4 is 5.32 Å². The van der Waals surface area contributed by atoms with Crippen LogP contribution in [-0.2, 0) is 4.74 Å². The molecule has 1 spiro atoms. The van der Waals surface area contributed by atoms with Crippen molar-refractivity contribution in [2.24, 2.45) is 0 Å². The number of ether oxygens (including phenoxy) is 1. The van der Waals surface area contributed by atoms with Crippen LogP contribution in [0.25, 0.3) is 0 Å². The smallest absolute Gasteiger partial charge is 0.0713 e. The van der Waals surface area contributed by atoms with Gasteiger partial charge in [0.15, 0.2) is 0 Å². The standard InChI is InChI=1S/C12H23NOS/c1-2-6-13-11-3-7-14-12(10-11)4-8-15-9-5-12/h11,13H,2-10H2,1H3. The van der Waals surface area contributed by atoms with Crippen molar-refractivity contribution in [3.63, 3.8) is 0 Å². The van der Waals surface area contributed by atoms with E-state index in [1.165, 1.54) is 43.6 Å². The fraction of sp³-hybridized carbons (Fsp3) is 1.00. The third kappa shape index (κ3) is 3.11. The van der Waals surface area contributed by atoms with Gasteiger partial charge in [-0.2, -0.15) is 11.8 Å². The van der Waals surface area contributed by atoms with Crippen LogP contribution in [0.15, 0.2) is 0 Å². The van der Waals surface area contributed by atoms with E-state index in [0.29, 0.717) is 6.04 Å². The SMILES string of the molecule is CCCNC1CCOC2(CCSCC2)C1. The Morgan fingerprint density at radius 3 is 2.93 bits per heavy atom. The van der Waals surface area contributed by atoms with Crippen LogP contribution >= 0.6 is 11.8 Å². The van der Waals surface area contributed by atoms with E-state index in [-0.39, 0.29) is 5.60 Å². The second kappa shape index (κ2) is 5.55. The number of nitrogens with one attached hydrogen (secondary N) is 1. The van der Waals surface area contributed by atoms with Crippen LogP contribution in [0, 0.1) is 0 Å². The first kappa shape index (κ1) is 11.7. The summed E-state index contributed by atoms with van der Waals surface area (Å²) in [6, 6.07) is 0.710. The van der Waals surface area contributed by atoms with E-state index in [2.05, 4.69) is 24.0 Å². The maximum atomic E-state index is 6.06. The number of hydrogen-bond acceptors (Lipinski definition) is 3. The summed E-state index contributed by atoms with van der Waals surface area (Å²) in [5, 5.41) is 3.66. The van der Waals surface area contributed by atoms with Crippen molar-refractivity contribution in [2.75, 3.05) is 24.7 Å². The van der Waals surface area contributed by atoms with Crippen LogP contribution in [0.3, 0.4) is 0 Å². The van der Waals surface area contributed by atoms with Crippen LogP contribution in [0.5, 0.6) is 0 Å². The molecule has 1 N–H and O–H groups in total. The van der Waals surface area contributed by atoms with Gasteiger partial charge in [-0.15, -0.1) is 0 Å². The Bertz CT molecular complexity index is 187. The van der Waals surface area contributed by atoms with Gasteiger partial charge in [-0.3, -0.25) is 0 Å². The van der Waals surface area contributed by atoms with E-state index in [9.17, 15) is 0 Å². The van der Waals surface area contributed by atoms with Crippen molar-refractivity contribution < 1.29 is 4.74 Å². The Balaban J connectivity index is 1.85. The van der Waals surface area contributed by atoms with Gasteiger partial charge in [0.05, 0.1) is 5.60 Å². The normalized spacial score (nSPS) is 30.6. The molecule has 15 heavy (non-hydrogen) atoms. The van der Waals surface area contributed by atoms with Crippen molar-refractivity contribution in [1.82, 2.24) is 5.32 Å². The van der Waals surface area contributed by atoms with Crippen LogP contribution in [-0.4, -0.2) is 36.3 Å². The van der Waals surface area contributed by atoms with E-state index >= 15 is 0 Å². The quantitative estimate of drug-likeness (QED) is 0.803. The first-order chi connectivity index (χ1) is 7.35. The molecule has 0 bridgehead atoms. The minimum atomic E-state index is 0.245. The number of hydrogen-bond donors (Lipinski definition) is 1. The molecule has 0 aromatic carbocycles. The Kier molecular flexibility index (Phi) is 4.35. The van der Waals surface area contributed by atoms with Crippen LogP contribution in [0.2, 0.25) is 0 Å². The predicted octanol–water partition coefficient (Wildman–Crippen LogP) is 2.43. The van der Waals surface area contributed by atoms with Gasteiger partial charge >= 0.3 is 0 Å². The summed E-state index contributed by atoms with van der Waals surface area (Å²) < 4.78 is 6.06. The molecule has 2 aliphatic heterocycles. The van der Waals surface area contributed by atoms with Gasteiger partial charge in [0, 0.05) is 12.6 Å². The zero-order valence-corrected chi connectivity index (χ0v) is 10.6. The summed E-state index contributed by atoms with van der Waals surface area (Å²) in [5.74, 6) is 2.58. The van der Waals surface area contributed by atoms with Gasteiger partial charge in [0.1, 0.15) is 0 Å². The largest absolute Gasteiger partial charge is 0.375 e. The molecule has 0 saturated carbocycles. The first-order valence-electron chi connectivity index (χ1n) is 6.30. The highest BCUT2D eigenvalue weighted by Crippen LogP contribution is 2.37. The van der Waals surface area contributed by atoms with E-state index in [0.717, 1.165) is 13.2 Å². The summed E-state index contributed by atoms with van der Waals surface area (Å²) >= 11 is 2.08. The molecule has 0 amide bonds. The molecule has 1 atom stereocenters. The van der Waals surface area contributed by atoms with Crippen LogP contribution in [0.4, 0.5) is 0 Å². The Morgan fingerprint density at radius 1 is 1.40 bits per heavy atom. The number of rotatable bonds is 3. The van der Waals surface area contributed by atoms with Gasteiger partial charge in [-0.05, 0) is 50.2 Å². The molecule has 2 heterocycles. The average molecular weight is 229 g/mol. The highest BCUT2D eigenvalue weighted by atomic mass is 32.2. The molecule has 1 unspecified atom stereocenters. The summed E-state index contributed by atoms with van der Waals surface area (Å²) in [7, 11) is 0. The van der Waals surface area contributed by atoms with E-state index in [1.807, 2.05) is 0 Å². The molecule has 2 nitrogen and oxygen atoms in total. The van der Waals surface area contributed by atoms with Crippen molar-refractivity contribution in [2.45, 2.75) is 50.7 Å². The molecule has 3 heteroatoms. The second-order valence-corrected chi connectivity index (χ2v) is 6.01. The minimum absolute atomic E-state index is 0.245. The maximum Gasteiger partial charge on any atom is 0.0713 e. The third-order valence-electron chi connectivity index (χ3n) is 3.58. The Labute approximate surface area is 97.5 Å². The van der Waals surface area contributed by atoms with Gasteiger partial charge < -0.3 is 10.1 Å². The summed E-state index contributed by atoms with van der Waals surface area (Å²) in [4.78, 5) is 0. The lowest BCUT2D eigenvalue weighted by molar-refractivity contribution is -0.0930. The second-order valence-electron chi connectivity index (χ2n) is 4.79. The van der Waals surface area contributed by atoms with Crippen molar-refractivity contribution in [3.8, 4) is 0 Å². The number of thioether (sulfide) groups is 1. The van der Waals surface area contributed by atoms with Gasteiger partial charge in [0.2, 0.25) is 0 Å². The zero-order chi connectivity index (χ0) is 10.6. The van der Waals surface area contributed by atoms with Crippen molar-refractivity contribution in [3.05, 3.63) is 0 Å². The summed E-state index contributed by atoms with van der Waals surface area (Å²) in [6.45, 7) is 4.36. The topological polar surface area (TPSA) is 21.3 Å². The molecular weight excluding hydrogens is 206 g/mol. The van der Waals surface area contributed by atoms with E-state index in [1.54, 1.807) is 0 Å². The molecule has 0 aliphatic carbocycles. The highest BCUT2D eigenvalue weighted by Gasteiger charge is 2.38. The molecule has 2 fully saturated rings. The summed E-state index contributed by atoms with van der Waals surface area (Å²) in [6.07, 6.45) is 6.21. The molecule has 88 valence electrons. The Hall–Kier alpha value is 0.270. The monoisotopic (exact) mass is 229 g/mol. The minimum Gasteiger partial charge on any atom is -0.375 e. The van der Waals surface area contributed by atoms with Gasteiger partial charge in [-0.25, -0.2) is 0 Å². The molecule has 2 rings (SSSR count). The molecular formula is C12H23NOS. The van der Waals surface area contributed by atoms with Gasteiger partial charge in [0.25, 0.3) is 0 Å². The van der Waals surface area contributed by atoms with E-state index in [4.69, 9.17) is 4.74 Å². The third-order valence-corrected chi connectivity index (χ3v) is 4.57. The lowest BCUT2D eigenvalue weighted by Crippen LogP contribution is -2.49. The predicted molar refractivity (Wildman–Crippen MR) is 66.6 cm³/mol. The maximum absolute atomic E-state index is 6.06. The molecule has 2 saturated heterocycles. The fourth-order valence-corrected chi connectivity index (χ4v) is 3.88. The summed E-state index contributed by atoms with van der Waals surface area (Å²) in [5.41, 5.74) is 0.245. The fourth-order valence-electron chi connectivity index (χ4n) is 2.64.